The second-order valence-electron chi connectivity index (χ2n) is 8.62. The molecule has 0 saturated heterocycles. The molecular formula is C23H25F3N4O2. The molecule has 0 unspecified atom stereocenters. The number of rotatable bonds is 5. The molecule has 0 aliphatic rings. The molecular weight excluding hydrogens is 421 g/mol. The molecule has 1 aromatic heterocycles. The fourth-order valence-electron chi connectivity index (χ4n) is 2.73. The van der Waals surface area contributed by atoms with Crippen LogP contribution in [0.25, 0.3) is 17.1 Å². The molecule has 3 rings (SSSR count). The first-order valence-corrected chi connectivity index (χ1v) is 10.1. The maximum Gasteiger partial charge on any atom is 0.416 e. The van der Waals surface area contributed by atoms with Crippen LogP contribution >= 0.6 is 0 Å². The Hall–Kier alpha value is -3.36. The van der Waals surface area contributed by atoms with Crippen LogP contribution in [0.15, 0.2) is 48.5 Å². The van der Waals surface area contributed by atoms with Gasteiger partial charge in [0.05, 0.1) is 17.4 Å². The first-order chi connectivity index (χ1) is 14.8. The zero-order valence-electron chi connectivity index (χ0n) is 18.5. The van der Waals surface area contributed by atoms with Crippen LogP contribution in [0.5, 0.6) is 6.01 Å². The number of carbonyl (C=O) groups excluding carboxylic acids is 1. The molecule has 0 radical (unpaired) electrons. The van der Waals surface area contributed by atoms with Crippen LogP contribution < -0.4 is 10.1 Å². The van der Waals surface area contributed by atoms with Gasteiger partial charge in [-0.15, -0.1) is 5.10 Å². The number of amides is 1. The highest BCUT2D eigenvalue weighted by Gasteiger charge is 2.30. The molecule has 0 spiro atoms. The lowest BCUT2D eigenvalue weighted by Gasteiger charge is -2.17. The molecule has 0 bridgehead atoms. The van der Waals surface area contributed by atoms with E-state index in [1.54, 1.807) is 24.3 Å². The van der Waals surface area contributed by atoms with Crippen molar-refractivity contribution in [2.45, 2.75) is 46.9 Å². The minimum absolute atomic E-state index is 0.111. The van der Waals surface area contributed by atoms with Crippen molar-refractivity contribution in [1.29, 1.82) is 0 Å². The zero-order chi connectivity index (χ0) is 23.7. The van der Waals surface area contributed by atoms with Gasteiger partial charge in [0, 0.05) is 16.7 Å². The Balaban J connectivity index is 1.97. The van der Waals surface area contributed by atoms with Gasteiger partial charge in [-0.3, -0.25) is 4.79 Å². The van der Waals surface area contributed by atoms with Crippen molar-refractivity contribution in [3.05, 3.63) is 54.1 Å². The van der Waals surface area contributed by atoms with Gasteiger partial charge in [-0.05, 0) is 50.2 Å². The summed E-state index contributed by atoms with van der Waals surface area (Å²) in [6.07, 6.45) is -4.60. The summed E-state index contributed by atoms with van der Waals surface area (Å²) in [6.45, 7) is 9.10. The predicted molar refractivity (Wildman–Crippen MR) is 116 cm³/mol. The molecule has 1 amide bonds. The molecule has 2 aromatic carbocycles. The van der Waals surface area contributed by atoms with Crippen molar-refractivity contribution in [3.8, 4) is 23.1 Å². The average molecular weight is 446 g/mol. The van der Waals surface area contributed by atoms with Crippen molar-refractivity contribution < 1.29 is 22.7 Å². The molecule has 3 aromatic rings. The van der Waals surface area contributed by atoms with E-state index in [4.69, 9.17) is 4.74 Å². The standard InChI is InChI=1S/C23H25F3N4O2/c1-14(2)32-21-28-19(15-6-8-16(9-7-15)23(24,25)26)30(29-21)18-12-10-17(11-13-18)27-20(31)22(3,4)5/h6-14H,1-5H3,(H,27,31). The van der Waals surface area contributed by atoms with Crippen LogP contribution in [0.4, 0.5) is 18.9 Å². The Bertz CT molecular complexity index is 1080. The lowest BCUT2D eigenvalue weighted by Crippen LogP contribution is -2.27. The topological polar surface area (TPSA) is 69.0 Å². The Morgan fingerprint density at radius 1 is 1.00 bits per heavy atom. The summed E-state index contributed by atoms with van der Waals surface area (Å²) >= 11 is 0. The van der Waals surface area contributed by atoms with Crippen molar-refractivity contribution in [1.82, 2.24) is 14.8 Å². The van der Waals surface area contributed by atoms with E-state index in [1.807, 2.05) is 34.6 Å². The maximum absolute atomic E-state index is 12.9. The number of ether oxygens (including phenoxy) is 1. The van der Waals surface area contributed by atoms with Gasteiger partial charge in [-0.1, -0.05) is 32.9 Å². The van der Waals surface area contributed by atoms with E-state index in [2.05, 4.69) is 15.4 Å². The van der Waals surface area contributed by atoms with E-state index < -0.39 is 17.2 Å². The summed E-state index contributed by atoms with van der Waals surface area (Å²) in [7, 11) is 0. The summed E-state index contributed by atoms with van der Waals surface area (Å²) in [5.41, 5.74) is 0.395. The number of aromatic nitrogens is 3. The van der Waals surface area contributed by atoms with Crippen LogP contribution in [-0.4, -0.2) is 26.8 Å². The average Bonchev–Trinajstić information content (AvgIpc) is 3.10. The summed E-state index contributed by atoms with van der Waals surface area (Å²) in [4.78, 5) is 16.6. The van der Waals surface area contributed by atoms with E-state index in [-0.39, 0.29) is 18.0 Å². The second kappa shape index (κ2) is 8.64. The quantitative estimate of drug-likeness (QED) is 0.544. The summed E-state index contributed by atoms with van der Waals surface area (Å²) in [5, 5.41) is 7.21. The minimum Gasteiger partial charge on any atom is -0.460 e. The molecule has 9 heteroatoms. The number of alkyl halides is 3. The predicted octanol–water partition coefficient (Wildman–Crippen LogP) is 5.72. The third-order valence-electron chi connectivity index (χ3n) is 4.45. The highest BCUT2D eigenvalue weighted by atomic mass is 19.4. The van der Waals surface area contributed by atoms with Gasteiger partial charge in [0.2, 0.25) is 5.91 Å². The zero-order valence-corrected chi connectivity index (χ0v) is 18.5. The third-order valence-corrected chi connectivity index (χ3v) is 4.45. The van der Waals surface area contributed by atoms with Gasteiger partial charge in [-0.25, -0.2) is 4.68 Å². The van der Waals surface area contributed by atoms with Crippen LogP contribution in [0.3, 0.4) is 0 Å². The SMILES string of the molecule is CC(C)Oc1nc(-c2ccc(C(F)(F)F)cc2)n(-c2ccc(NC(=O)C(C)(C)C)cc2)n1. The van der Waals surface area contributed by atoms with E-state index >= 15 is 0 Å². The van der Waals surface area contributed by atoms with Gasteiger partial charge in [0.25, 0.3) is 0 Å². The molecule has 0 saturated carbocycles. The Morgan fingerprint density at radius 3 is 2.09 bits per heavy atom. The number of anilines is 1. The molecule has 32 heavy (non-hydrogen) atoms. The molecule has 1 N–H and O–H groups in total. The van der Waals surface area contributed by atoms with Gasteiger partial charge in [-0.2, -0.15) is 18.2 Å². The lowest BCUT2D eigenvalue weighted by atomic mass is 9.95. The normalized spacial score (nSPS) is 12.2. The van der Waals surface area contributed by atoms with E-state index in [9.17, 15) is 18.0 Å². The number of halogens is 3. The number of nitrogens with zero attached hydrogens (tertiary/aromatic N) is 3. The van der Waals surface area contributed by atoms with Crippen LogP contribution in [0, 0.1) is 5.41 Å². The van der Waals surface area contributed by atoms with Crippen LogP contribution in [0.1, 0.15) is 40.2 Å². The largest absolute Gasteiger partial charge is 0.460 e. The van der Waals surface area contributed by atoms with Gasteiger partial charge in [0.15, 0.2) is 5.82 Å². The molecule has 0 atom stereocenters. The number of hydrogen-bond acceptors (Lipinski definition) is 4. The smallest absolute Gasteiger partial charge is 0.416 e. The first-order valence-electron chi connectivity index (χ1n) is 10.1. The van der Waals surface area contributed by atoms with E-state index in [0.29, 0.717) is 22.8 Å². The number of benzene rings is 2. The van der Waals surface area contributed by atoms with Crippen molar-refractivity contribution in [2.24, 2.45) is 5.41 Å². The highest BCUT2D eigenvalue weighted by molar-refractivity contribution is 5.94. The maximum atomic E-state index is 12.9. The highest BCUT2D eigenvalue weighted by Crippen LogP contribution is 2.32. The number of carbonyl (C=O) groups is 1. The van der Waals surface area contributed by atoms with Crippen LogP contribution in [-0.2, 0) is 11.0 Å². The summed E-state index contributed by atoms with van der Waals surface area (Å²) in [5.74, 6) is 0.213. The van der Waals surface area contributed by atoms with Crippen molar-refractivity contribution in [3.63, 3.8) is 0 Å². The van der Waals surface area contributed by atoms with Crippen LogP contribution in [0.2, 0.25) is 0 Å². The fourth-order valence-corrected chi connectivity index (χ4v) is 2.73. The Kier molecular flexibility index (Phi) is 6.29. The molecule has 0 fully saturated rings. The van der Waals surface area contributed by atoms with Crippen molar-refractivity contribution in [2.75, 3.05) is 5.32 Å². The molecule has 0 aliphatic heterocycles. The molecule has 170 valence electrons. The van der Waals surface area contributed by atoms with E-state index in [0.717, 1.165) is 12.1 Å². The van der Waals surface area contributed by atoms with Crippen molar-refractivity contribution >= 4 is 11.6 Å². The van der Waals surface area contributed by atoms with Gasteiger partial charge in [0.1, 0.15) is 0 Å². The Labute approximate surface area is 184 Å². The third kappa shape index (κ3) is 5.46. The fraction of sp³-hybridized carbons (Fsp3) is 0.348. The summed E-state index contributed by atoms with van der Waals surface area (Å²) < 4.78 is 45.9. The number of hydrogen-bond donors (Lipinski definition) is 1. The number of nitrogens with one attached hydrogen (secondary N) is 1. The molecule has 6 nitrogen and oxygen atoms in total. The minimum atomic E-state index is -4.43. The second-order valence-corrected chi connectivity index (χ2v) is 8.62. The van der Waals surface area contributed by atoms with Gasteiger partial charge >= 0.3 is 12.2 Å². The lowest BCUT2D eigenvalue weighted by molar-refractivity contribution is -0.137. The van der Waals surface area contributed by atoms with Gasteiger partial charge < -0.3 is 10.1 Å². The van der Waals surface area contributed by atoms with E-state index in [1.165, 1.54) is 16.8 Å². The molecule has 0 aliphatic carbocycles. The molecule has 1 heterocycles. The summed E-state index contributed by atoms with van der Waals surface area (Å²) in [6, 6.07) is 11.7. The Morgan fingerprint density at radius 2 is 1.59 bits per heavy atom. The monoisotopic (exact) mass is 446 g/mol. The first kappa shape index (κ1) is 23.3.